The molecule has 3 atom stereocenters. The smallest absolute Gasteiger partial charge is 0.191 e. The van der Waals surface area contributed by atoms with E-state index < -0.39 is 0 Å². The Kier molecular flexibility index (Phi) is 7.36. The topological polar surface area (TPSA) is 76.9 Å². The van der Waals surface area contributed by atoms with E-state index in [0.717, 1.165) is 43.9 Å². The predicted molar refractivity (Wildman–Crippen MR) is 93.6 cm³/mol. The van der Waals surface area contributed by atoms with Gasteiger partial charge < -0.3 is 20.8 Å². The van der Waals surface area contributed by atoms with Gasteiger partial charge in [-0.05, 0) is 25.3 Å². The first kappa shape index (κ1) is 17.8. The molecule has 0 aliphatic heterocycles. The molecule has 1 saturated carbocycles. The summed E-state index contributed by atoms with van der Waals surface area (Å²) < 4.78 is 0. The second kappa shape index (κ2) is 9.53. The van der Waals surface area contributed by atoms with Crippen LogP contribution in [0.3, 0.4) is 0 Å². The molecule has 1 aliphatic rings. The number of benzene rings is 1. The molecule has 0 heterocycles. The Balaban J connectivity index is 1.91. The average molecular weight is 319 g/mol. The van der Waals surface area contributed by atoms with Crippen molar-refractivity contribution in [2.45, 2.75) is 38.2 Å². The zero-order chi connectivity index (χ0) is 16.5. The van der Waals surface area contributed by atoms with Crippen LogP contribution in [0.1, 0.15) is 37.7 Å². The number of aliphatic hydroxyl groups is 2. The number of nitrogens with zero attached hydrogens (tertiary/aromatic N) is 1. The fourth-order valence-corrected chi connectivity index (χ4v) is 3.02. The molecule has 0 aromatic heterocycles. The minimum Gasteiger partial charge on any atom is -0.396 e. The molecule has 3 unspecified atom stereocenters. The van der Waals surface area contributed by atoms with Crippen LogP contribution in [-0.2, 0) is 0 Å². The molecule has 1 fully saturated rings. The van der Waals surface area contributed by atoms with Crippen LogP contribution in [0.25, 0.3) is 0 Å². The molecule has 23 heavy (non-hydrogen) atoms. The van der Waals surface area contributed by atoms with Gasteiger partial charge in [0.15, 0.2) is 5.96 Å². The zero-order valence-electron chi connectivity index (χ0n) is 13.9. The van der Waals surface area contributed by atoms with Crippen LogP contribution in [0, 0.1) is 5.92 Å². The number of hydrogen-bond acceptors (Lipinski definition) is 3. The highest BCUT2D eigenvalue weighted by molar-refractivity contribution is 5.79. The summed E-state index contributed by atoms with van der Waals surface area (Å²) >= 11 is 0. The first-order valence-electron chi connectivity index (χ1n) is 8.60. The van der Waals surface area contributed by atoms with Crippen LogP contribution in [0.4, 0.5) is 0 Å². The van der Waals surface area contributed by atoms with Gasteiger partial charge in [0.05, 0.1) is 19.3 Å². The van der Waals surface area contributed by atoms with E-state index in [-0.39, 0.29) is 18.6 Å². The summed E-state index contributed by atoms with van der Waals surface area (Å²) in [6.07, 6.45) is 2.87. The van der Waals surface area contributed by atoms with E-state index in [1.54, 1.807) is 0 Å². The van der Waals surface area contributed by atoms with E-state index in [1.807, 2.05) is 37.3 Å². The minimum atomic E-state index is -0.195. The maximum Gasteiger partial charge on any atom is 0.191 e. The van der Waals surface area contributed by atoms with Crippen molar-refractivity contribution in [2.75, 3.05) is 26.2 Å². The van der Waals surface area contributed by atoms with Gasteiger partial charge in [0.1, 0.15) is 0 Å². The van der Waals surface area contributed by atoms with Crippen LogP contribution in [-0.4, -0.2) is 48.5 Å². The van der Waals surface area contributed by atoms with Gasteiger partial charge in [-0.3, -0.25) is 4.99 Å². The molecular formula is C18H29N3O2. The molecular weight excluding hydrogens is 290 g/mol. The molecule has 0 radical (unpaired) electrons. The maximum absolute atomic E-state index is 9.90. The monoisotopic (exact) mass is 319 g/mol. The summed E-state index contributed by atoms with van der Waals surface area (Å²) in [6, 6.07) is 9.97. The van der Waals surface area contributed by atoms with Gasteiger partial charge >= 0.3 is 0 Å². The lowest BCUT2D eigenvalue weighted by atomic mass is 10.0. The summed E-state index contributed by atoms with van der Waals surface area (Å²) in [6.45, 7) is 4.16. The molecule has 0 amide bonds. The number of hydrogen-bond donors (Lipinski definition) is 4. The Morgan fingerprint density at radius 2 is 2.04 bits per heavy atom. The predicted octanol–water partition coefficient (Wildman–Crippen LogP) is 1.48. The third-order valence-electron chi connectivity index (χ3n) is 4.46. The third-order valence-corrected chi connectivity index (χ3v) is 4.46. The van der Waals surface area contributed by atoms with Crippen molar-refractivity contribution in [2.24, 2.45) is 10.9 Å². The zero-order valence-corrected chi connectivity index (χ0v) is 13.9. The molecule has 0 spiro atoms. The molecule has 5 heteroatoms. The van der Waals surface area contributed by atoms with Crippen molar-refractivity contribution in [1.82, 2.24) is 10.6 Å². The summed E-state index contributed by atoms with van der Waals surface area (Å²) in [5.41, 5.74) is 1.10. The van der Waals surface area contributed by atoms with Crippen molar-refractivity contribution >= 4 is 5.96 Å². The molecule has 0 bridgehead atoms. The highest BCUT2D eigenvalue weighted by Gasteiger charge is 2.25. The van der Waals surface area contributed by atoms with E-state index in [4.69, 9.17) is 0 Å². The summed E-state index contributed by atoms with van der Waals surface area (Å²) in [5, 5.41) is 26.1. The van der Waals surface area contributed by atoms with Gasteiger partial charge in [-0.15, -0.1) is 0 Å². The van der Waals surface area contributed by atoms with Crippen LogP contribution in [0.5, 0.6) is 0 Å². The Hall–Kier alpha value is -1.59. The molecule has 1 aliphatic carbocycles. The Morgan fingerprint density at radius 3 is 2.65 bits per heavy atom. The molecule has 5 nitrogen and oxygen atoms in total. The van der Waals surface area contributed by atoms with Crippen LogP contribution in [0.2, 0.25) is 0 Å². The molecule has 0 saturated heterocycles. The average Bonchev–Trinajstić information content (AvgIpc) is 2.99. The number of aliphatic imine (C=N–C) groups is 1. The van der Waals surface area contributed by atoms with Gasteiger partial charge in [-0.25, -0.2) is 0 Å². The van der Waals surface area contributed by atoms with E-state index in [9.17, 15) is 10.2 Å². The van der Waals surface area contributed by atoms with Gasteiger partial charge in [0, 0.05) is 24.9 Å². The Labute approximate surface area is 138 Å². The van der Waals surface area contributed by atoms with E-state index >= 15 is 0 Å². The maximum atomic E-state index is 9.90. The van der Waals surface area contributed by atoms with E-state index in [2.05, 4.69) is 15.6 Å². The number of aliphatic hydroxyl groups excluding tert-OH is 2. The lowest BCUT2D eigenvalue weighted by Crippen LogP contribution is -2.41. The van der Waals surface area contributed by atoms with Gasteiger partial charge in [0.2, 0.25) is 0 Å². The fourth-order valence-electron chi connectivity index (χ4n) is 3.02. The molecule has 1 aromatic carbocycles. The lowest BCUT2D eigenvalue weighted by Gasteiger charge is -2.19. The van der Waals surface area contributed by atoms with Gasteiger partial charge in [0.25, 0.3) is 0 Å². The Morgan fingerprint density at radius 1 is 1.26 bits per heavy atom. The van der Waals surface area contributed by atoms with E-state index in [0.29, 0.717) is 12.5 Å². The molecule has 4 N–H and O–H groups in total. The molecule has 2 rings (SSSR count). The van der Waals surface area contributed by atoms with Crippen LogP contribution in [0.15, 0.2) is 35.3 Å². The first-order valence-corrected chi connectivity index (χ1v) is 8.60. The molecule has 1 aromatic rings. The minimum absolute atomic E-state index is 0.00345. The number of guanidine groups is 1. The standard InChI is InChI=1S/C18H29N3O2/c1-2-19-18(20-11-15-9-6-10-17(15)23)21-12-16(13-22)14-7-4-3-5-8-14/h3-5,7-8,15-17,22-23H,2,6,9-13H2,1H3,(H2,19,20,21). The lowest BCUT2D eigenvalue weighted by molar-refractivity contribution is 0.134. The first-order chi connectivity index (χ1) is 11.2. The summed E-state index contributed by atoms with van der Waals surface area (Å²) in [5.74, 6) is 1.06. The van der Waals surface area contributed by atoms with Crippen LogP contribution < -0.4 is 10.6 Å². The van der Waals surface area contributed by atoms with Crippen molar-refractivity contribution in [3.05, 3.63) is 35.9 Å². The largest absolute Gasteiger partial charge is 0.396 e. The van der Waals surface area contributed by atoms with Gasteiger partial charge in [-0.1, -0.05) is 36.8 Å². The molecule has 128 valence electrons. The van der Waals surface area contributed by atoms with Crippen molar-refractivity contribution in [1.29, 1.82) is 0 Å². The van der Waals surface area contributed by atoms with Crippen molar-refractivity contribution < 1.29 is 10.2 Å². The fraction of sp³-hybridized carbons (Fsp3) is 0.611. The second-order valence-corrected chi connectivity index (χ2v) is 6.15. The number of nitrogens with one attached hydrogen (secondary N) is 2. The van der Waals surface area contributed by atoms with Crippen molar-refractivity contribution in [3.63, 3.8) is 0 Å². The van der Waals surface area contributed by atoms with Gasteiger partial charge in [-0.2, -0.15) is 0 Å². The van der Waals surface area contributed by atoms with Crippen molar-refractivity contribution in [3.8, 4) is 0 Å². The quantitative estimate of drug-likeness (QED) is 0.453. The highest BCUT2D eigenvalue weighted by atomic mass is 16.3. The second-order valence-electron chi connectivity index (χ2n) is 6.15. The SMILES string of the molecule is CCNC(=NCC(CO)c1ccccc1)NCC1CCCC1O. The number of rotatable bonds is 7. The summed E-state index contributed by atoms with van der Waals surface area (Å²) in [7, 11) is 0. The Bertz CT molecular complexity index is 478. The van der Waals surface area contributed by atoms with E-state index in [1.165, 1.54) is 0 Å². The van der Waals surface area contributed by atoms with Crippen LogP contribution >= 0.6 is 0 Å². The highest BCUT2D eigenvalue weighted by Crippen LogP contribution is 2.24. The normalized spacial score (nSPS) is 22.8. The summed E-state index contributed by atoms with van der Waals surface area (Å²) in [4.78, 5) is 4.60. The third kappa shape index (κ3) is 5.52.